The van der Waals surface area contributed by atoms with E-state index in [9.17, 15) is 0 Å². The lowest BCUT2D eigenvalue weighted by molar-refractivity contribution is 0.856. The summed E-state index contributed by atoms with van der Waals surface area (Å²) in [6.45, 7) is 2.15. The second-order valence-corrected chi connectivity index (χ2v) is 4.16. The van der Waals surface area contributed by atoms with Crippen molar-refractivity contribution in [3.63, 3.8) is 0 Å². The van der Waals surface area contributed by atoms with E-state index >= 15 is 0 Å². The van der Waals surface area contributed by atoms with Gasteiger partial charge in [0, 0.05) is 30.6 Å². The standard InChI is InChI=1S/C13H14N2/c1-9-8-11-10-6-4-5-7-12(10)15(3)13(11)14(9)2/h4-8H,1-3H3. The molecule has 0 fully saturated rings. The van der Waals surface area contributed by atoms with E-state index in [4.69, 9.17) is 0 Å². The van der Waals surface area contributed by atoms with Gasteiger partial charge in [-0.2, -0.15) is 0 Å². The van der Waals surface area contributed by atoms with Gasteiger partial charge in [-0.15, -0.1) is 0 Å². The van der Waals surface area contributed by atoms with Gasteiger partial charge in [-0.05, 0) is 19.1 Å². The molecule has 2 aromatic heterocycles. The molecule has 0 saturated heterocycles. The molecule has 0 aliphatic rings. The third-order valence-electron chi connectivity index (χ3n) is 3.31. The molecular formula is C13H14N2. The van der Waals surface area contributed by atoms with Crippen LogP contribution in [0.1, 0.15) is 5.69 Å². The number of fused-ring (bicyclic) bond motifs is 3. The first-order chi connectivity index (χ1) is 7.20. The molecule has 0 spiro atoms. The molecule has 0 bridgehead atoms. The summed E-state index contributed by atoms with van der Waals surface area (Å²) in [5.41, 5.74) is 3.91. The highest BCUT2D eigenvalue weighted by Crippen LogP contribution is 2.29. The van der Waals surface area contributed by atoms with Crippen molar-refractivity contribution in [2.45, 2.75) is 6.92 Å². The number of hydrogen-bond acceptors (Lipinski definition) is 0. The summed E-state index contributed by atoms with van der Waals surface area (Å²) in [6.07, 6.45) is 0. The van der Waals surface area contributed by atoms with E-state index in [0.29, 0.717) is 0 Å². The van der Waals surface area contributed by atoms with E-state index in [1.165, 1.54) is 27.6 Å². The van der Waals surface area contributed by atoms with Gasteiger partial charge in [-0.3, -0.25) is 0 Å². The molecule has 0 saturated carbocycles. The fraction of sp³-hybridized carbons (Fsp3) is 0.231. The van der Waals surface area contributed by atoms with Crippen LogP contribution in [0.15, 0.2) is 30.3 Å². The molecule has 0 amide bonds. The molecule has 2 heterocycles. The molecule has 0 atom stereocenters. The smallest absolute Gasteiger partial charge is 0.120 e. The maximum atomic E-state index is 2.26. The minimum absolute atomic E-state index is 1.30. The van der Waals surface area contributed by atoms with Crippen molar-refractivity contribution in [1.29, 1.82) is 0 Å². The van der Waals surface area contributed by atoms with E-state index in [1.807, 2.05) is 0 Å². The van der Waals surface area contributed by atoms with Crippen LogP contribution in [0.2, 0.25) is 0 Å². The second kappa shape index (κ2) is 2.66. The first-order valence-electron chi connectivity index (χ1n) is 5.19. The lowest BCUT2D eigenvalue weighted by atomic mass is 10.2. The largest absolute Gasteiger partial charge is 0.334 e. The van der Waals surface area contributed by atoms with E-state index in [-0.39, 0.29) is 0 Å². The van der Waals surface area contributed by atoms with Crippen molar-refractivity contribution in [1.82, 2.24) is 9.13 Å². The minimum Gasteiger partial charge on any atom is -0.334 e. The van der Waals surface area contributed by atoms with Crippen LogP contribution in [0.4, 0.5) is 0 Å². The van der Waals surface area contributed by atoms with Gasteiger partial charge in [0.15, 0.2) is 0 Å². The summed E-state index contributed by atoms with van der Waals surface area (Å²) in [7, 11) is 4.25. The van der Waals surface area contributed by atoms with Crippen molar-refractivity contribution in [2.24, 2.45) is 14.1 Å². The highest BCUT2D eigenvalue weighted by atomic mass is 15.1. The van der Waals surface area contributed by atoms with E-state index in [1.54, 1.807) is 0 Å². The number of rotatable bonds is 0. The molecule has 2 heteroatoms. The van der Waals surface area contributed by atoms with Crippen LogP contribution >= 0.6 is 0 Å². The fourth-order valence-electron chi connectivity index (χ4n) is 2.43. The fourth-order valence-corrected chi connectivity index (χ4v) is 2.43. The average Bonchev–Trinajstić information content (AvgIpc) is 2.68. The van der Waals surface area contributed by atoms with Gasteiger partial charge in [-0.25, -0.2) is 0 Å². The van der Waals surface area contributed by atoms with Crippen molar-refractivity contribution >= 4 is 21.9 Å². The topological polar surface area (TPSA) is 9.86 Å². The number of benzene rings is 1. The molecule has 0 N–H and O–H groups in total. The van der Waals surface area contributed by atoms with Crippen molar-refractivity contribution in [3.8, 4) is 0 Å². The Bertz CT molecular complexity index is 656. The first-order valence-corrected chi connectivity index (χ1v) is 5.19. The summed E-state index contributed by atoms with van der Waals surface area (Å²) in [5.74, 6) is 0. The lowest BCUT2D eigenvalue weighted by Crippen LogP contribution is -1.96. The molecule has 2 nitrogen and oxygen atoms in total. The summed E-state index contributed by atoms with van der Waals surface area (Å²) < 4.78 is 4.51. The highest BCUT2D eigenvalue weighted by molar-refractivity contribution is 6.07. The number of para-hydroxylation sites is 1. The Balaban J connectivity index is 2.67. The predicted molar refractivity (Wildman–Crippen MR) is 64.1 cm³/mol. The van der Waals surface area contributed by atoms with Crippen LogP contribution in [0, 0.1) is 6.92 Å². The molecule has 0 aliphatic heterocycles. The number of aryl methyl sites for hydroxylation is 3. The third kappa shape index (κ3) is 0.938. The molecule has 3 aromatic rings. The first kappa shape index (κ1) is 8.60. The maximum Gasteiger partial charge on any atom is 0.120 e. The zero-order valence-corrected chi connectivity index (χ0v) is 9.28. The Morgan fingerprint density at radius 2 is 1.67 bits per heavy atom. The van der Waals surface area contributed by atoms with Gasteiger partial charge >= 0.3 is 0 Å². The highest BCUT2D eigenvalue weighted by Gasteiger charge is 2.11. The minimum atomic E-state index is 1.30. The predicted octanol–water partition coefficient (Wildman–Crippen LogP) is 2.98. The van der Waals surface area contributed by atoms with E-state index in [2.05, 4.69) is 60.5 Å². The summed E-state index contributed by atoms with van der Waals surface area (Å²) in [4.78, 5) is 0. The summed E-state index contributed by atoms with van der Waals surface area (Å²) in [5, 5.41) is 2.70. The van der Waals surface area contributed by atoms with E-state index in [0.717, 1.165) is 0 Å². The maximum absolute atomic E-state index is 2.26. The Hall–Kier alpha value is -1.70. The van der Waals surface area contributed by atoms with E-state index < -0.39 is 0 Å². The molecule has 15 heavy (non-hydrogen) atoms. The molecule has 0 aliphatic carbocycles. The molecule has 0 radical (unpaired) electrons. The van der Waals surface area contributed by atoms with Crippen LogP contribution in [-0.4, -0.2) is 9.13 Å². The Kier molecular flexibility index (Phi) is 1.52. The number of nitrogens with zero attached hydrogens (tertiary/aromatic N) is 2. The lowest BCUT2D eigenvalue weighted by Gasteiger charge is -2.02. The average molecular weight is 198 g/mol. The van der Waals surface area contributed by atoms with Gasteiger partial charge in [0.25, 0.3) is 0 Å². The van der Waals surface area contributed by atoms with Gasteiger partial charge < -0.3 is 9.13 Å². The van der Waals surface area contributed by atoms with Crippen LogP contribution in [0.3, 0.4) is 0 Å². The molecule has 0 unspecified atom stereocenters. The zero-order chi connectivity index (χ0) is 10.6. The Morgan fingerprint density at radius 3 is 2.47 bits per heavy atom. The molecule has 3 rings (SSSR count). The molecule has 1 aromatic carbocycles. The third-order valence-corrected chi connectivity index (χ3v) is 3.31. The van der Waals surface area contributed by atoms with Crippen LogP contribution < -0.4 is 0 Å². The SMILES string of the molecule is Cc1cc2c3ccccc3n(C)c2n1C. The number of aromatic nitrogens is 2. The van der Waals surface area contributed by atoms with Crippen molar-refractivity contribution < 1.29 is 0 Å². The van der Waals surface area contributed by atoms with Crippen LogP contribution in [0.5, 0.6) is 0 Å². The summed E-state index contributed by atoms with van der Waals surface area (Å²) in [6, 6.07) is 10.8. The monoisotopic (exact) mass is 198 g/mol. The Morgan fingerprint density at radius 1 is 0.933 bits per heavy atom. The van der Waals surface area contributed by atoms with Crippen molar-refractivity contribution in [3.05, 3.63) is 36.0 Å². The van der Waals surface area contributed by atoms with Crippen molar-refractivity contribution in [2.75, 3.05) is 0 Å². The van der Waals surface area contributed by atoms with Gasteiger partial charge in [0.1, 0.15) is 5.65 Å². The normalized spacial score (nSPS) is 11.7. The zero-order valence-electron chi connectivity index (χ0n) is 9.28. The second-order valence-electron chi connectivity index (χ2n) is 4.16. The molecular weight excluding hydrogens is 184 g/mol. The van der Waals surface area contributed by atoms with Gasteiger partial charge in [0.2, 0.25) is 0 Å². The Labute approximate surface area is 88.7 Å². The molecule has 76 valence electrons. The van der Waals surface area contributed by atoms with Gasteiger partial charge in [0.05, 0.1) is 5.52 Å². The van der Waals surface area contributed by atoms with Gasteiger partial charge in [-0.1, -0.05) is 18.2 Å². The van der Waals surface area contributed by atoms with Crippen LogP contribution in [0.25, 0.3) is 21.9 Å². The quantitative estimate of drug-likeness (QED) is 0.525. The van der Waals surface area contributed by atoms with Crippen LogP contribution in [-0.2, 0) is 14.1 Å². The number of hydrogen-bond donors (Lipinski definition) is 0. The summed E-state index contributed by atoms with van der Waals surface area (Å²) >= 11 is 0.